The molecule has 0 bridgehead atoms. The van der Waals surface area contributed by atoms with Crippen molar-refractivity contribution in [3.05, 3.63) is 24.2 Å². The number of nitrogens with one attached hydrogen (secondary N) is 1. The number of anilines is 2. The third kappa shape index (κ3) is 3.58. The van der Waals surface area contributed by atoms with Crippen molar-refractivity contribution >= 4 is 22.7 Å². The Balaban J connectivity index is 1.70. The Bertz CT molecular complexity index is 1210. The molecule has 1 aliphatic rings. The Kier molecular flexibility index (Phi) is 4.20. The molecule has 3 atom stereocenters. The van der Waals surface area contributed by atoms with Gasteiger partial charge in [0.2, 0.25) is 5.95 Å². The van der Waals surface area contributed by atoms with Gasteiger partial charge in [-0.05, 0) is 32.8 Å². The smallest absolute Gasteiger partial charge is 0.257 e. The van der Waals surface area contributed by atoms with Crippen LogP contribution in [-0.2, 0) is 11.7 Å². The molecule has 10 nitrogen and oxygen atoms in total. The Morgan fingerprint density at radius 3 is 3.03 bits per heavy atom. The molecule has 1 fully saturated rings. The van der Waals surface area contributed by atoms with Crippen LogP contribution in [0.5, 0.6) is 5.88 Å². The summed E-state index contributed by atoms with van der Waals surface area (Å²) in [6, 6.07) is 3.71. The van der Waals surface area contributed by atoms with Gasteiger partial charge in [0.05, 0.1) is 24.4 Å². The van der Waals surface area contributed by atoms with Crippen LogP contribution in [0.1, 0.15) is 42.5 Å². The van der Waals surface area contributed by atoms with Gasteiger partial charge in [-0.3, -0.25) is 4.68 Å². The SMILES string of the molecule is [2H]C([2H])([2H])n1cc(Nc2ncc3cc(C#N)n([C@@H](C)COC)c3n2)c(O[C@H]2CC[C@@]2(C)O)n1. The molecule has 0 radical (unpaired) electrons. The van der Waals surface area contributed by atoms with E-state index in [1.807, 2.05) is 6.92 Å². The summed E-state index contributed by atoms with van der Waals surface area (Å²) in [6.45, 7) is 1.44. The van der Waals surface area contributed by atoms with E-state index >= 15 is 0 Å². The van der Waals surface area contributed by atoms with E-state index in [0.717, 1.165) is 4.68 Å². The van der Waals surface area contributed by atoms with Gasteiger partial charge in [-0.2, -0.15) is 10.2 Å². The van der Waals surface area contributed by atoms with E-state index in [2.05, 4.69) is 26.5 Å². The van der Waals surface area contributed by atoms with Gasteiger partial charge in [0.15, 0.2) is 0 Å². The molecule has 0 amide bonds. The number of ether oxygens (including phenoxy) is 2. The minimum Gasteiger partial charge on any atom is -0.469 e. The van der Waals surface area contributed by atoms with Crippen LogP contribution >= 0.6 is 0 Å². The Labute approximate surface area is 178 Å². The monoisotopic (exact) mass is 414 g/mol. The number of aliphatic hydroxyl groups is 1. The first-order chi connectivity index (χ1) is 15.5. The Morgan fingerprint density at radius 2 is 2.40 bits per heavy atom. The van der Waals surface area contributed by atoms with E-state index < -0.39 is 18.7 Å². The fourth-order valence-corrected chi connectivity index (χ4v) is 3.57. The quantitative estimate of drug-likeness (QED) is 0.604. The number of aryl methyl sites for hydroxylation is 1. The van der Waals surface area contributed by atoms with E-state index in [1.54, 1.807) is 30.9 Å². The third-order valence-corrected chi connectivity index (χ3v) is 5.33. The molecule has 3 heterocycles. The maximum absolute atomic E-state index is 10.3. The lowest BCUT2D eigenvalue weighted by molar-refractivity contribution is -0.119. The standard InChI is InChI=1S/C20H25N7O3/c1-12(11-29-4)27-14(8-21)7-13-9-22-19(24-17(13)27)23-15-10-26(3)25-18(15)30-16-5-6-20(16,2)28/h7,9-10,12,16,28H,5-6,11H2,1-4H3,(H,22,23,24)/t12-,16-,20+/m0/s1/i3D3. The second kappa shape index (κ2) is 7.59. The number of methoxy groups -OCH3 is 1. The summed E-state index contributed by atoms with van der Waals surface area (Å²) in [5.41, 5.74) is 0.188. The zero-order valence-electron chi connectivity index (χ0n) is 20.0. The number of fused-ring (bicyclic) bond motifs is 1. The van der Waals surface area contributed by atoms with Crippen LogP contribution in [-0.4, -0.2) is 54.8 Å². The molecule has 3 aromatic heterocycles. The van der Waals surface area contributed by atoms with Crippen LogP contribution in [0.4, 0.5) is 11.6 Å². The van der Waals surface area contributed by atoms with E-state index in [0.29, 0.717) is 36.2 Å². The zero-order chi connectivity index (χ0) is 24.0. The van der Waals surface area contributed by atoms with Crippen molar-refractivity contribution < 1.29 is 18.7 Å². The molecular formula is C20H25N7O3. The summed E-state index contributed by atoms with van der Waals surface area (Å²) in [5, 5.41) is 27.5. The highest BCUT2D eigenvalue weighted by Crippen LogP contribution is 2.37. The predicted molar refractivity (Wildman–Crippen MR) is 110 cm³/mol. The van der Waals surface area contributed by atoms with Crippen molar-refractivity contribution in [3.63, 3.8) is 0 Å². The molecule has 30 heavy (non-hydrogen) atoms. The lowest BCUT2D eigenvalue weighted by atomic mass is 9.79. The van der Waals surface area contributed by atoms with Crippen LogP contribution in [0.3, 0.4) is 0 Å². The number of hydrogen-bond acceptors (Lipinski definition) is 8. The lowest BCUT2D eigenvalue weighted by Crippen LogP contribution is -2.52. The molecule has 4 rings (SSSR count). The normalized spacial score (nSPS) is 23.7. The second-order valence-electron chi connectivity index (χ2n) is 7.71. The molecule has 0 saturated heterocycles. The van der Waals surface area contributed by atoms with Crippen molar-refractivity contribution in [1.82, 2.24) is 24.3 Å². The lowest BCUT2D eigenvalue weighted by Gasteiger charge is -2.41. The molecular weight excluding hydrogens is 386 g/mol. The minimum absolute atomic E-state index is 0.0284. The van der Waals surface area contributed by atoms with Gasteiger partial charge < -0.3 is 24.5 Å². The highest BCUT2D eigenvalue weighted by molar-refractivity contribution is 5.79. The number of rotatable bonds is 7. The summed E-state index contributed by atoms with van der Waals surface area (Å²) in [6.07, 6.45) is 3.56. The zero-order valence-corrected chi connectivity index (χ0v) is 17.0. The third-order valence-electron chi connectivity index (χ3n) is 5.33. The molecule has 1 saturated carbocycles. The van der Waals surface area contributed by atoms with Crippen LogP contribution in [0.15, 0.2) is 18.5 Å². The van der Waals surface area contributed by atoms with Gasteiger partial charge >= 0.3 is 0 Å². The summed E-state index contributed by atoms with van der Waals surface area (Å²) in [4.78, 5) is 8.84. The molecule has 158 valence electrons. The number of hydrogen-bond donors (Lipinski definition) is 2. The average molecular weight is 414 g/mol. The number of nitriles is 1. The van der Waals surface area contributed by atoms with E-state index in [1.165, 1.54) is 6.20 Å². The fourth-order valence-electron chi connectivity index (χ4n) is 3.57. The predicted octanol–water partition coefficient (Wildman–Crippen LogP) is 2.28. The van der Waals surface area contributed by atoms with Crippen LogP contribution < -0.4 is 10.1 Å². The first-order valence-electron chi connectivity index (χ1n) is 11.1. The number of aromatic nitrogens is 5. The average Bonchev–Trinajstić information content (AvgIpc) is 3.32. The van der Waals surface area contributed by atoms with Crippen LogP contribution in [0.25, 0.3) is 11.0 Å². The highest BCUT2D eigenvalue weighted by atomic mass is 16.5. The summed E-state index contributed by atoms with van der Waals surface area (Å²) in [7, 11) is 1.58. The topological polar surface area (TPSA) is 123 Å². The molecule has 10 heteroatoms. The van der Waals surface area contributed by atoms with Gasteiger partial charge in [0, 0.05) is 29.8 Å². The fraction of sp³-hybridized carbons (Fsp3) is 0.500. The van der Waals surface area contributed by atoms with E-state index in [9.17, 15) is 10.4 Å². The Hall–Kier alpha value is -3.16. The number of nitrogens with zero attached hydrogens (tertiary/aromatic N) is 6. The first-order valence-corrected chi connectivity index (χ1v) is 9.56. The summed E-state index contributed by atoms with van der Waals surface area (Å²) < 4.78 is 36.6. The minimum atomic E-state index is -2.52. The molecule has 3 aromatic rings. The first kappa shape index (κ1) is 16.6. The second-order valence-corrected chi connectivity index (χ2v) is 7.71. The van der Waals surface area contributed by atoms with Gasteiger partial charge in [-0.15, -0.1) is 5.10 Å². The van der Waals surface area contributed by atoms with Crippen molar-refractivity contribution in [2.24, 2.45) is 6.98 Å². The van der Waals surface area contributed by atoms with Gasteiger partial charge in [-0.1, -0.05) is 0 Å². The Morgan fingerprint density at radius 1 is 1.57 bits per heavy atom. The molecule has 0 aliphatic heterocycles. The summed E-state index contributed by atoms with van der Waals surface area (Å²) in [5.74, 6) is 0.201. The maximum Gasteiger partial charge on any atom is 0.257 e. The van der Waals surface area contributed by atoms with Crippen molar-refractivity contribution in [3.8, 4) is 11.9 Å². The molecule has 0 spiro atoms. The molecule has 0 aromatic carbocycles. The van der Waals surface area contributed by atoms with Crippen LogP contribution in [0, 0.1) is 11.3 Å². The van der Waals surface area contributed by atoms with Gasteiger partial charge in [0.1, 0.15) is 29.2 Å². The van der Waals surface area contributed by atoms with Crippen molar-refractivity contribution in [2.45, 2.75) is 44.4 Å². The summed E-state index contributed by atoms with van der Waals surface area (Å²) >= 11 is 0. The van der Waals surface area contributed by atoms with Crippen molar-refractivity contribution in [2.75, 3.05) is 19.0 Å². The van der Waals surface area contributed by atoms with Crippen molar-refractivity contribution in [1.29, 1.82) is 5.26 Å². The largest absolute Gasteiger partial charge is 0.469 e. The van der Waals surface area contributed by atoms with Gasteiger partial charge in [-0.25, -0.2) is 4.98 Å². The van der Waals surface area contributed by atoms with Gasteiger partial charge in [0.25, 0.3) is 5.88 Å². The molecule has 0 unspecified atom stereocenters. The van der Waals surface area contributed by atoms with E-state index in [-0.39, 0.29) is 23.6 Å². The van der Waals surface area contributed by atoms with Crippen LogP contribution in [0.2, 0.25) is 0 Å². The molecule has 2 N–H and O–H groups in total. The molecule has 1 aliphatic carbocycles. The maximum atomic E-state index is 10.3. The highest BCUT2D eigenvalue weighted by Gasteiger charge is 2.43. The van der Waals surface area contributed by atoms with E-state index in [4.69, 9.17) is 13.6 Å².